The Kier molecular flexibility index (Phi) is 8.85. The average molecular weight is 181 g/mol. The molecule has 7 nitrogen and oxygen atoms in total. The van der Waals surface area contributed by atoms with Crippen molar-refractivity contribution in [2.75, 3.05) is 6.54 Å². The quantitative estimate of drug-likeness (QED) is 0.240. The van der Waals surface area contributed by atoms with Crippen LogP contribution in [-0.2, 0) is 9.59 Å². The van der Waals surface area contributed by atoms with Gasteiger partial charge in [-0.3, -0.25) is 0 Å². The molecule has 0 aromatic carbocycles. The standard InChI is InChI=1S/C3H9NO2.C2H2O4/c4-2-1-3(5)6;3-1(4)2(5)6/h3,5-6H,1-2,4H2;(H,3,4)(H,5,6). The summed E-state index contributed by atoms with van der Waals surface area (Å²) in [6.45, 7) is 0.331. The highest BCUT2D eigenvalue weighted by molar-refractivity contribution is 6.27. The van der Waals surface area contributed by atoms with Crippen molar-refractivity contribution in [3.8, 4) is 0 Å². The van der Waals surface area contributed by atoms with Crippen molar-refractivity contribution in [3.05, 3.63) is 0 Å². The number of carboxylic acid groups (broad SMARTS) is 2. The van der Waals surface area contributed by atoms with Crippen LogP contribution in [0.4, 0.5) is 0 Å². The second kappa shape index (κ2) is 7.92. The third-order valence-corrected chi connectivity index (χ3v) is 0.608. The molecule has 12 heavy (non-hydrogen) atoms. The summed E-state index contributed by atoms with van der Waals surface area (Å²) < 4.78 is 0. The van der Waals surface area contributed by atoms with Crippen LogP contribution < -0.4 is 5.73 Å². The first-order valence-corrected chi connectivity index (χ1v) is 2.94. The number of carboxylic acids is 2. The molecule has 0 amide bonds. The van der Waals surface area contributed by atoms with Crippen LogP contribution in [-0.4, -0.2) is 45.2 Å². The lowest BCUT2D eigenvalue weighted by Gasteiger charge is -1.95. The van der Waals surface area contributed by atoms with Gasteiger partial charge in [-0.15, -0.1) is 0 Å². The first-order valence-electron chi connectivity index (χ1n) is 2.94. The van der Waals surface area contributed by atoms with Gasteiger partial charge in [0, 0.05) is 6.42 Å². The molecule has 72 valence electrons. The van der Waals surface area contributed by atoms with Crippen LogP contribution in [0.2, 0.25) is 0 Å². The minimum absolute atomic E-state index is 0.264. The number of aliphatic hydroxyl groups excluding tert-OH is 1. The summed E-state index contributed by atoms with van der Waals surface area (Å²) in [5, 5.41) is 30.8. The summed E-state index contributed by atoms with van der Waals surface area (Å²) in [5.74, 6) is -3.65. The van der Waals surface area contributed by atoms with Crippen molar-refractivity contribution in [3.63, 3.8) is 0 Å². The maximum Gasteiger partial charge on any atom is 0.414 e. The summed E-state index contributed by atoms with van der Waals surface area (Å²) in [6.07, 6.45) is -0.963. The molecule has 0 aliphatic rings. The third kappa shape index (κ3) is 15.9. The van der Waals surface area contributed by atoms with Crippen LogP contribution in [0, 0.1) is 0 Å². The molecule has 6 N–H and O–H groups in total. The van der Waals surface area contributed by atoms with E-state index < -0.39 is 18.2 Å². The smallest absolute Gasteiger partial charge is 0.414 e. The lowest BCUT2D eigenvalue weighted by molar-refractivity contribution is -0.159. The van der Waals surface area contributed by atoms with E-state index in [1.807, 2.05) is 0 Å². The fourth-order valence-corrected chi connectivity index (χ4v) is 0.149. The Bertz CT molecular complexity index is 133. The van der Waals surface area contributed by atoms with Crippen molar-refractivity contribution in [1.82, 2.24) is 0 Å². The summed E-state index contributed by atoms with van der Waals surface area (Å²) >= 11 is 0. The topological polar surface area (TPSA) is 141 Å². The number of hydrogen-bond acceptors (Lipinski definition) is 5. The second-order valence-electron chi connectivity index (χ2n) is 1.67. The van der Waals surface area contributed by atoms with Crippen LogP contribution in [0.5, 0.6) is 0 Å². The largest absolute Gasteiger partial charge is 0.473 e. The van der Waals surface area contributed by atoms with Gasteiger partial charge in [-0.05, 0) is 6.54 Å². The lowest BCUT2D eigenvalue weighted by atomic mass is 10.4. The second-order valence-corrected chi connectivity index (χ2v) is 1.67. The summed E-state index contributed by atoms with van der Waals surface area (Å²) in [6, 6.07) is 0. The molecular formula is C5H11NO6. The van der Waals surface area contributed by atoms with Crippen molar-refractivity contribution < 1.29 is 30.0 Å². The number of aliphatic carboxylic acids is 2. The van der Waals surface area contributed by atoms with E-state index >= 15 is 0 Å². The third-order valence-electron chi connectivity index (χ3n) is 0.608. The Morgan fingerprint density at radius 1 is 1.17 bits per heavy atom. The monoisotopic (exact) mass is 181 g/mol. The molecule has 0 radical (unpaired) electrons. The molecule has 7 heteroatoms. The normalized spacial score (nSPS) is 8.67. The van der Waals surface area contributed by atoms with Gasteiger partial charge < -0.3 is 26.2 Å². The Balaban J connectivity index is 0. The molecular weight excluding hydrogens is 170 g/mol. The fourth-order valence-electron chi connectivity index (χ4n) is 0.149. The molecule has 0 unspecified atom stereocenters. The number of nitrogens with two attached hydrogens (primary N) is 1. The molecule has 0 atom stereocenters. The molecule has 0 saturated carbocycles. The van der Waals surface area contributed by atoms with Crippen LogP contribution in [0.1, 0.15) is 6.42 Å². The zero-order valence-corrected chi connectivity index (χ0v) is 6.17. The predicted octanol–water partition coefficient (Wildman–Crippen LogP) is -2.20. The molecule has 0 aromatic rings. The van der Waals surface area contributed by atoms with E-state index in [0.29, 0.717) is 6.54 Å². The zero-order valence-electron chi connectivity index (χ0n) is 6.17. The Morgan fingerprint density at radius 3 is 1.50 bits per heavy atom. The minimum Gasteiger partial charge on any atom is -0.473 e. The fraction of sp³-hybridized carbons (Fsp3) is 0.600. The van der Waals surface area contributed by atoms with Crippen molar-refractivity contribution in [2.45, 2.75) is 12.7 Å². The molecule has 0 aromatic heterocycles. The van der Waals surface area contributed by atoms with Crippen molar-refractivity contribution in [2.24, 2.45) is 5.73 Å². The highest BCUT2D eigenvalue weighted by atomic mass is 16.5. The molecule has 0 fully saturated rings. The first kappa shape index (κ1) is 13.4. The van der Waals surface area contributed by atoms with Crippen molar-refractivity contribution >= 4 is 11.9 Å². The van der Waals surface area contributed by atoms with E-state index in [2.05, 4.69) is 0 Å². The Labute approximate surface area is 68.0 Å². The van der Waals surface area contributed by atoms with E-state index in [9.17, 15) is 0 Å². The van der Waals surface area contributed by atoms with Gasteiger partial charge in [0.05, 0.1) is 0 Å². The molecule has 0 aliphatic heterocycles. The van der Waals surface area contributed by atoms with Gasteiger partial charge in [-0.1, -0.05) is 0 Å². The SMILES string of the molecule is NCCC(O)O.O=C(O)C(=O)O. The zero-order chi connectivity index (χ0) is 10.1. The van der Waals surface area contributed by atoms with E-state index in [0.717, 1.165) is 0 Å². The summed E-state index contributed by atoms with van der Waals surface area (Å²) in [5.41, 5.74) is 4.91. The molecule has 0 aliphatic carbocycles. The van der Waals surface area contributed by atoms with Crippen molar-refractivity contribution in [1.29, 1.82) is 0 Å². The first-order chi connectivity index (χ1) is 5.41. The van der Waals surface area contributed by atoms with Gasteiger partial charge >= 0.3 is 11.9 Å². The van der Waals surface area contributed by atoms with Gasteiger partial charge in [0.2, 0.25) is 0 Å². The van der Waals surface area contributed by atoms with Crippen LogP contribution in [0.3, 0.4) is 0 Å². The highest BCUT2D eigenvalue weighted by Gasteiger charge is 2.04. The van der Waals surface area contributed by atoms with Gasteiger partial charge in [0.1, 0.15) is 0 Å². The van der Waals surface area contributed by atoms with Gasteiger partial charge in [-0.25, -0.2) is 9.59 Å². The van der Waals surface area contributed by atoms with Gasteiger partial charge in [-0.2, -0.15) is 0 Å². The lowest BCUT2D eigenvalue weighted by Crippen LogP contribution is -2.11. The summed E-state index contributed by atoms with van der Waals surface area (Å²) in [7, 11) is 0. The highest BCUT2D eigenvalue weighted by Crippen LogP contribution is 1.77. The van der Waals surface area contributed by atoms with E-state index in [1.54, 1.807) is 0 Å². The number of hydrogen-bond donors (Lipinski definition) is 5. The molecule has 0 bridgehead atoms. The number of rotatable bonds is 2. The Hall–Kier alpha value is -1.18. The number of aliphatic hydroxyl groups is 2. The molecule has 0 spiro atoms. The predicted molar refractivity (Wildman–Crippen MR) is 37.2 cm³/mol. The van der Waals surface area contributed by atoms with Crippen LogP contribution in [0.15, 0.2) is 0 Å². The molecule has 0 saturated heterocycles. The van der Waals surface area contributed by atoms with Crippen LogP contribution >= 0.6 is 0 Å². The van der Waals surface area contributed by atoms with Gasteiger partial charge in [0.25, 0.3) is 0 Å². The minimum atomic E-state index is -1.82. The van der Waals surface area contributed by atoms with E-state index in [4.69, 9.17) is 35.7 Å². The van der Waals surface area contributed by atoms with E-state index in [-0.39, 0.29) is 6.42 Å². The van der Waals surface area contributed by atoms with E-state index in [1.165, 1.54) is 0 Å². The van der Waals surface area contributed by atoms with Crippen LogP contribution in [0.25, 0.3) is 0 Å². The maximum atomic E-state index is 9.10. The molecule has 0 heterocycles. The molecule has 0 rings (SSSR count). The summed E-state index contributed by atoms with van der Waals surface area (Å²) in [4.78, 5) is 18.2. The Morgan fingerprint density at radius 2 is 1.50 bits per heavy atom. The average Bonchev–Trinajstić information content (AvgIpc) is 1.87. The number of carbonyl (C=O) groups is 2. The maximum absolute atomic E-state index is 9.10. The van der Waals surface area contributed by atoms with Gasteiger partial charge in [0.15, 0.2) is 6.29 Å².